The van der Waals surface area contributed by atoms with Crippen LogP contribution in [0.4, 0.5) is 5.82 Å². The van der Waals surface area contributed by atoms with Gasteiger partial charge in [-0.05, 0) is 25.1 Å². The summed E-state index contributed by atoms with van der Waals surface area (Å²) in [5, 5.41) is 4.24. The summed E-state index contributed by atoms with van der Waals surface area (Å²) in [4.78, 5) is 32.9. The van der Waals surface area contributed by atoms with Gasteiger partial charge in [-0.1, -0.05) is 46.9 Å². The second-order valence-electron chi connectivity index (χ2n) is 5.55. The number of nitrogens with one attached hydrogen (secondary N) is 1. The summed E-state index contributed by atoms with van der Waals surface area (Å²) in [5.41, 5.74) is 1.35. The summed E-state index contributed by atoms with van der Waals surface area (Å²) in [6.07, 6.45) is 1.34. The number of carbonyl (C=O) groups is 2. The molecule has 2 aromatic heterocycles. The minimum absolute atomic E-state index is 0.131. The Bertz CT molecular complexity index is 1040. The molecule has 0 spiro atoms. The van der Waals surface area contributed by atoms with Gasteiger partial charge >= 0.3 is 5.97 Å². The monoisotopic (exact) mass is 455 g/mol. The van der Waals surface area contributed by atoms with Crippen LogP contribution in [0, 0.1) is 6.92 Å². The van der Waals surface area contributed by atoms with Crippen molar-refractivity contribution in [3.63, 3.8) is 0 Å². The maximum absolute atomic E-state index is 12.3. The zero-order valence-electron chi connectivity index (χ0n) is 14.3. The number of aromatic nitrogens is 2. The van der Waals surface area contributed by atoms with E-state index in [9.17, 15) is 9.59 Å². The smallest absolute Gasteiger partial charge is 0.350 e. The Morgan fingerprint density at radius 1 is 1.14 bits per heavy atom. The largest absolute Gasteiger partial charge is 0.451 e. The van der Waals surface area contributed by atoms with Gasteiger partial charge in [0.15, 0.2) is 12.4 Å². The molecule has 0 bridgehead atoms. The normalized spacial score (nSPS) is 10.6. The van der Waals surface area contributed by atoms with Crippen LogP contribution < -0.4 is 5.32 Å². The molecule has 144 valence electrons. The van der Waals surface area contributed by atoms with E-state index in [1.807, 2.05) is 12.1 Å². The van der Waals surface area contributed by atoms with Crippen molar-refractivity contribution >= 4 is 63.8 Å². The number of hydrogen-bond acceptors (Lipinski definition) is 6. The van der Waals surface area contributed by atoms with Gasteiger partial charge in [0.05, 0.1) is 15.7 Å². The first kappa shape index (κ1) is 20.5. The van der Waals surface area contributed by atoms with Crippen molar-refractivity contribution in [1.82, 2.24) is 9.97 Å². The fourth-order valence-corrected chi connectivity index (χ4v) is 3.69. The molecule has 3 aromatic rings. The van der Waals surface area contributed by atoms with Crippen molar-refractivity contribution in [2.24, 2.45) is 0 Å². The molecule has 0 radical (unpaired) electrons. The molecular weight excluding hydrogens is 445 g/mol. The number of esters is 1. The van der Waals surface area contributed by atoms with Gasteiger partial charge in [0.25, 0.3) is 5.91 Å². The number of aryl methyl sites for hydroxylation is 1. The van der Waals surface area contributed by atoms with Crippen molar-refractivity contribution in [2.75, 3.05) is 11.9 Å². The lowest BCUT2D eigenvalue weighted by Gasteiger charge is -2.07. The topological polar surface area (TPSA) is 81.2 Å². The van der Waals surface area contributed by atoms with Crippen molar-refractivity contribution < 1.29 is 14.3 Å². The Kier molecular flexibility index (Phi) is 6.51. The predicted molar refractivity (Wildman–Crippen MR) is 110 cm³/mol. The second-order valence-corrected chi connectivity index (χ2v) is 7.83. The van der Waals surface area contributed by atoms with Crippen molar-refractivity contribution in [3.05, 3.63) is 62.2 Å². The molecule has 1 aromatic carbocycles. The average molecular weight is 457 g/mol. The molecule has 0 unspecified atom stereocenters. The molecule has 10 heteroatoms. The quantitative estimate of drug-likeness (QED) is 0.529. The van der Waals surface area contributed by atoms with Gasteiger partial charge in [0, 0.05) is 16.8 Å². The minimum Gasteiger partial charge on any atom is -0.451 e. The van der Waals surface area contributed by atoms with Gasteiger partial charge in [-0.2, -0.15) is 0 Å². The number of hydrogen-bond donors (Lipinski definition) is 1. The second kappa shape index (κ2) is 8.87. The van der Waals surface area contributed by atoms with Gasteiger partial charge in [-0.25, -0.2) is 14.8 Å². The summed E-state index contributed by atoms with van der Waals surface area (Å²) < 4.78 is 5.08. The Hall–Kier alpha value is -2.19. The van der Waals surface area contributed by atoms with E-state index in [1.165, 1.54) is 23.6 Å². The first-order valence-electron chi connectivity index (χ1n) is 7.85. The molecule has 0 saturated heterocycles. The van der Waals surface area contributed by atoms with Crippen molar-refractivity contribution in [1.29, 1.82) is 0 Å². The Morgan fingerprint density at radius 2 is 1.86 bits per heavy atom. The van der Waals surface area contributed by atoms with Gasteiger partial charge in [-0.3, -0.25) is 4.79 Å². The van der Waals surface area contributed by atoms with E-state index in [4.69, 9.17) is 39.5 Å². The SMILES string of the molecule is Cc1nc(-c2ccc(Cl)cc2)sc1C(=O)OCC(=O)Nc1ncc(Cl)cc1Cl. The maximum atomic E-state index is 12.3. The van der Waals surface area contributed by atoms with E-state index < -0.39 is 18.5 Å². The third-order valence-corrected chi connectivity index (χ3v) is 5.41. The number of pyridine rings is 1. The summed E-state index contributed by atoms with van der Waals surface area (Å²) in [6.45, 7) is 1.21. The fraction of sp³-hybridized carbons (Fsp3) is 0.111. The van der Waals surface area contributed by atoms with Crippen LogP contribution >= 0.6 is 46.1 Å². The molecule has 3 rings (SSSR count). The van der Waals surface area contributed by atoms with E-state index in [0.717, 1.165) is 5.56 Å². The number of rotatable bonds is 5. The van der Waals surface area contributed by atoms with Crippen LogP contribution in [0.15, 0.2) is 36.5 Å². The lowest BCUT2D eigenvalue weighted by Crippen LogP contribution is -2.21. The zero-order valence-corrected chi connectivity index (χ0v) is 17.4. The molecule has 1 amide bonds. The fourth-order valence-electron chi connectivity index (χ4n) is 2.17. The molecule has 6 nitrogen and oxygen atoms in total. The maximum Gasteiger partial charge on any atom is 0.350 e. The third-order valence-electron chi connectivity index (χ3n) is 3.47. The molecule has 0 atom stereocenters. The Labute approximate surface area is 179 Å². The zero-order chi connectivity index (χ0) is 20.3. The Morgan fingerprint density at radius 3 is 2.54 bits per heavy atom. The van der Waals surface area contributed by atoms with Crippen LogP contribution in [0.5, 0.6) is 0 Å². The van der Waals surface area contributed by atoms with Crippen LogP contribution in [0.2, 0.25) is 15.1 Å². The molecule has 0 aliphatic rings. The number of ether oxygens (including phenoxy) is 1. The number of thiazole rings is 1. The van der Waals surface area contributed by atoms with Gasteiger partial charge in [0.2, 0.25) is 0 Å². The Balaban J connectivity index is 1.63. The van der Waals surface area contributed by atoms with Crippen LogP contribution in [0.3, 0.4) is 0 Å². The van der Waals surface area contributed by atoms with Crippen LogP contribution in [-0.4, -0.2) is 28.5 Å². The number of carbonyl (C=O) groups excluding carboxylic acids is 2. The third kappa shape index (κ3) is 4.99. The minimum atomic E-state index is -0.638. The standard InChI is InChI=1S/C18H12Cl3N3O3S/c1-9-15(28-17(23-9)10-2-4-11(19)5-3-10)18(26)27-8-14(25)24-16-13(21)6-12(20)7-22-16/h2-7H,8H2,1H3,(H,22,24,25). The molecule has 2 heterocycles. The molecule has 0 aliphatic carbocycles. The molecule has 1 N–H and O–H groups in total. The highest BCUT2D eigenvalue weighted by molar-refractivity contribution is 7.17. The molecular formula is C18H12Cl3N3O3S. The van der Waals surface area contributed by atoms with E-state index in [1.54, 1.807) is 19.1 Å². The van der Waals surface area contributed by atoms with Gasteiger partial charge < -0.3 is 10.1 Å². The van der Waals surface area contributed by atoms with Crippen LogP contribution in [0.25, 0.3) is 10.6 Å². The number of anilines is 1. The molecule has 0 fully saturated rings. The number of halogens is 3. The van der Waals surface area contributed by atoms with Crippen molar-refractivity contribution in [2.45, 2.75) is 6.92 Å². The van der Waals surface area contributed by atoms with E-state index in [0.29, 0.717) is 25.6 Å². The van der Waals surface area contributed by atoms with E-state index in [-0.39, 0.29) is 10.8 Å². The lowest BCUT2D eigenvalue weighted by molar-refractivity contribution is -0.119. The summed E-state index contributed by atoms with van der Waals surface area (Å²) in [6, 6.07) is 8.55. The van der Waals surface area contributed by atoms with E-state index in [2.05, 4.69) is 15.3 Å². The van der Waals surface area contributed by atoms with Gasteiger partial charge in [0.1, 0.15) is 9.88 Å². The summed E-state index contributed by atoms with van der Waals surface area (Å²) in [5.74, 6) is -1.09. The van der Waals surface area contributed by atoms with Crippen LogP contribution in [0.1, 0.15) is 15.4 Å². The first-order chi connectivity index (χ1) is 13.3. The average Bonchev–Trinajstić information content (AvgIpc) is 3.04. The van der Waals surface area contributed by atoms with Crippen LogP contribution in [-0.2, 0) is 9.53 Å². The van der Waals surface area contributed by atoms with E-state index >= 15 is 0 Å². The number of benzene rings is 1. The predicted octanol–water partition coefficient (Wildman–Crippen LogP) is 5.27. The highest BCUT2D eigenvalue weighted by atomic mass is 35.5. The van der Waals surface area contributed by atoms with Crippen molar-refractivity contribution in [3.8, 4) is 10.6 Å². The summed E-state index contributed by atoms with van der Waals surface area (Å²) in [7, 11) is 0. The lowest BCUT2D eigenvalue weighted by atomic mass is 10.2. The summed E-state index contributed by atoms with van der Waals surface area (Å²) >= 11 is 18.8. The highest BCUT2D eigenvalue weighted by Crippen LogP contribution is 2.29. The van der Waals surface area contributed by atoms with Gasteiger partial charge in [-0.15, -0.1) is 11.3 Å². The molecule has 0 aliphatic heterocycles. The highest BCUT2D eigenvalue weighted by Gasteiger charge is 2.19. The number of amides is 1. The molecule has 28 heavy (non-hydrogen) atoms. The molecule has 0 saturated carbocycles. The first-order valence-corrected chi connectivity index (χ1v) is 9.80. The number of nitrogens with zero attached hydrogens (tertiary/aromatic N) is 2.